The van der Waals surface area contributed by atoms with Gasteiger partial charge in [0, 0.05) is 37.4 Å². The zero-order valence-corrected chi connectivity index (χ0v) is 21.0. The predicted octanol–water partition coefficient (Wildman–Crippen LogP) is 3.67. The van der Waals surface area contributed by atoms with Crippen LogP contribution in [0.2, 0.25) is 0 Å². The fourth-order valence-electron chi connectivity index (χ4n) is 4.47. The van der Waals surface area contributed by atoms with E-state index in [4.69, 9.17) is 5.10 Å². The Kier molecular flexibility index (Phi) is 8.48. The van der Waals surface area contributed by atoms with Crippen LogP contribution in [0.1, 0.15) is 42.0 Å². The molecule has 36 heavy (non-hydrogen) atoms. The quantitative estimate of drug-likeness (QED) is 0.522. The Hall–Kier alpha value is -3.52. The zero-order valence-electron chi connectivity index (χ0n) is 21.0. The normalized spacial score (nSPS) is 14.6. The van der Waals surface area contributed by atoms with Gasteiger partial charge in [-0.1, -0.05) is 32.0 Å². The Morgan fingerprint density at radius 3 is 2.47 bits per heavy atom. The molecule has 1 aliphatic heterocycles. The van der Waals surface area contributed by atoms with Crippen molar-refractivity contribution in [1.29, 1.82) is 0 Å². The van der Waals surface area contributed by atoms with Crippen LogP contribution in [-0.4, -0.2) is 64.1 Å². The third kappa shape index (κ3) is 6.79. The lowest BCUT2D eigenvalue weighted by Crippen LogP contribution is -2.40. The molecule has 1 fully saturated rings. The molecular weight excluding hydrogens is 457 g/mol. The van der Waals surface area contributed by atoms with E-state index in [0.717, 1.165) is 36.5 Å². The number of para-hydroxylation sites is 1. The van der Waals surface area contributed by atoms with Crippen molar-refractivity contribution in [2.45, 2.75) is 33.2 Å². The lowest BCUT2D eigenvalue weighted by atomic mass is 10.1. The summed E-state index contributed by atoms with van der Waals surface area (Å²) in [5.74, 6) is -0.0350. The highest BCUT2D eigenvalue weighted by Gasteiger charge is 2.22. The predicted molar refractivity (Wildman–Crippen MR) is 137 cm³/mol. The average Bonchev–Trinajstić information content (AvgIpc) is 3.11. The van der Waals surface area contributed by atoms with Crippen molar-refractivity contribution < 1.29 is 14.0 Å². The van der Waals surface area contributed by atoms with E-state index in [0.29, 0.717) is 37.7 Å². The Morgan fingerprint density at radius 2 is 1.75 bits per heavy atom. The second-order valence-electron chi connectivity index (χ2n) is 9.68. The molecule has 1 aromatic heterocycles. The molecule has 2 heterocycles. The first kappa shape index (κ1) is 25.6. The number of benzene rings is 2. The van der Waals surface area contributed by atoms with Crippen molar-refractivity contribution in [2.24, 2.45) is 5.92 Å². The van der Waals surface area contributed by atoms with Crippen LogP contribution in [0.15, 0.2) is 60.7 Å². The number of hydrogen-bond acceptors (Lipinski definition) is 4. The van der Waals surface area contributed by atoms with Crippen molar-refractivity contribution in [2.75, 3.05) is 32.7 Å². The average molecular weight is 492 g/mol. The molecule has 0 radical (unpaired) electrons. The monoisotopic (exact) mass is 491 g/mol. The van der Waals surface area contributed by atoms with Gasteiger partial charge in [-0.05, 0) is 61.2 Å². The van der Waals surface area contributed by atoms with E-state index in [1.54, 1.807) is 4.90 Å². The van der Waals surface area contributed by atoms with Crippen LogP contribution in [0, 0.1) is 11.7 Å². The van der Waals surface area contributed by atoms with Gasteiger partial charge in [0.2, 0.25) is 5.91 Å². The van der Waals surface area contributed by atoms with Crippen LogP contribution in [0.25, 0.3) is 5.69 Å². The third-order valence-corrected chi connectivity index (χ3v) is 6.25. The van der Waals surface area contributed by atoms with Gasteiger partial charge < -0.3 is 10.2 Å². The molecule has 8 heteroatoms. The van der Waals surface area contributed by atoms with Gasteiger partial charge in [-0.2, -0.15) is 5.10 Å². The molecule has 1 saturated heterocycles. The minimum absolute atomic E-state index is 0.0621. The highest BCUT2D eigenvalue weighted by Crippen LogP contribution is 2.16. The maximum Gasteiger partial charge on any atom is 0.253 e. The molecular formula is C28H34FN5O2. The molecule has 0 bridgehead atoms. The van der Waals surface area contributed by atoms with Crippen LogP contribution < -0.4 is 5.32 Å². The molecule has 2 aromatic carbocycles. The van der Waals surface area contributed by atoms with Gasteiger partial charge in [0.25, 0.3) is 5.91 Å². The number of rotatable bonds is 8. The number of carbonyl (C=O) groups excluding carboxylic acids is 2. The number of halogens is 1. The van der Waals surface area contributed by atoms with Gasteiger partial charge in [0.05, 0.1) is 24.5 Å². The standard InChI is InChI=1S/C28H34FN5O2/c1-21(2)17-26-18-24(31-34(26)25-7-4-3-5-8-25)19-30-27(35)20-32-13-6-14-33(16-15-32)28(36)22-9-11-23(29)12-10-22/h3-5,7-12,18,21H,6,13-17,19-20H2,1-2H3,(H,30,35). The molecule has 3 aromatic rings. The van der Waals surface area contributed by atoms with Crippen molar-refractivity contribution in [1.82, 2.24) is 24.9 Å². The summed E-state index contributed by atoms with van der Waals surface area (Å²) in [7, 11) is 0. The van der Waals surface area contributed by atoms with Crippen LogP contribution in [0.4, 0.5) is 4.39 Å². The summed E-state index contributed by atoms with van der Waals surface area (Å²) in [4.78, 5) is 29.3. The number of hydrogen-bond donors (Lipinski definition) is 1. The maximum atomic E-state index is 13.2. The molecule has 0 atom stereocenters. The van der Waals surface area contributed by atoms with E-state index < -0.39 is 0 Å². The Morgan fingerprint density at radius 1 is 1.00 bits per heavy atom. The van der Waals surface area contributed by atoms with Gasteiger partial charge in [-0.15, -0.1) is 0 Å². The topological polar surface area (TPSA) is 70.5 Å². The summed E-state index contributed by atoms with van der Waals surface area (Å²) in [5, 5.41) is 7.76. The van der Waals surface area contributed by atoms with Gasteiger partial charge >= 0.3 is 0 Å². The van der Waals surface area contributed by atoms with Crippen molar-refractivity contribution in [3.63, 3.8) is 0 Å². The van der Waals surface area contributed by atoms with Crippen molar-refractivity contribution >= 4 is 11.8 Å². The van der Waals surface area contributed by atoms with Gasteiger partial charge in [-0.3, -0.25) is 14.5 Å². The number of amides is 2. The van der Waals surface area contributed by atoms with Crippen LogP contribution >= 0.6 is 0 Å². The van der Waals surface area contributed by atoms with Crippen molar-refractivity contribution in [3.05, 3.63) is 83.4 Å². The molecule has 0 spiro atoms. The van der Waals surface area contributed by atoms with E-state index in [1.807, 2.05) is 35.0 Å². The fraction of sp³-hybridized carbons (Fsp3) is 0.393. The van der Waals surface area contributed by atoms with E-state index in [2.05, 4.69) is 30.1 Å². The fourth-order valence-corrected chi connectivity index (χ4v) is 4.47. The summed E-state index contributed by atoms with van der Waals surface area (Å²) in [6, 6.07) is 17.7. The Balaban J connectivity index is 1.30. The summed E-state index contributed by atoms with van der Waals surface area (Å²) in [6.45, 7) is 7.50. The van der Waals surface area contributed by atoms with Gasteiger partial charge in [-0.25, -0.2) is 9.07 Å². The number of nitrogens with one attached hydrogen (secondary N) is 1. The number of aromatic nitrogens is 2. The highest BCUT2D eigenvalue weighted by molar-refractivity contribution is 5.94. The van der Waals surface area contributed by atoms with Crippen LogP contribution in [0.5, 0.6) is 0 Å². The zero-order chi connectivity index (χ0) is 25.5. The smallest absolute Gasteiger partial charge is 0.253 e. The molecule has 0 aliphatic carbocycles. The van der Waals surface area contributed by atoms with Crippen LogP contribution in [0.3, 0.4) is 0 Å². The Labute approximate surface area is 211 Å². The summed E-state index contributed by atoms with van der Waals surface area (Å²) < 4.78 is 15.1. The lowest BCUT2D eigenvalue weighted by Gasteiger charge is -2.21. The first-order valence-corrected chi connectivity index (χ1v) is 12.6. The lowest BCUT2D eigenvalue weighted by molar-refractivity contribution is -0.122. The minimum atomic E-state index is -0.359. The van der Waals surface area contributed by atoms with E-state index in [-0.39, 0.29) is 24.2 Å². The van der Waals surface area contributed by atoms with E-state index in [9.17, 15) is 14.0 Å². The number of carbonyl (C=O) groups is 2. The molecule has 1 N–H and O–H groups in total. The van der Waals surface area contributed by atoms with Gasteiger partial charge in [0.1, 0.15) is 5.82 Å². The van der Waals surface area contributed by atoms with E-state index in [1.165, 1.54) is 24.3 Å². The molecule has 0 saturated carbocycles. The van der Waals surface area contributed by atoms with Gasteiger partial charge in [0.15, 0.2) is 0 Å². The molecule has 1 aliphatic rings. The van der Waals surface area contributed by atoms with Crippen molar-refractivity contribution in [3.8, 4) is 5.69 Å². The highest BCUT2D eigenvalue weighted by atomic mass is 19.1. The third-order valence-electron chi connectivity index (χ3n) is 6.25. The maximum absolute atomic E-state index is 13.2. The number of nitrogens with zero attached hydrogens (tertiary/aromatic N) is 4. The molecule has 7 nitrogen and oxygen atoms in total. The summed E-state index contributed by atoms with van der Waals surface area (Å²) >= 11 is 0. The molecule has 190 valence electrons. The molecule has 0 unspecified atom stereocenters. The second kappa shape index (κ2) is 11.9. The summed E-state index contributed by atoms with van der Waals surface area (Å²) in [5.41, 5.74) is 3.44. The largest absolute Gasteiger partial charge is 0.349 e. The second-order valence-corrected chi connectivity index (χ2v) is 9.68. The molecule has 4 rings (SSSR count). The molecule has 2 amide bonds. The minimum Gasteiger partial charge on any atom is -0.349 e. The van der Waals surface area contributed by atoms with Crippen LogP contribution in [-0.2, 0) is 17.8 Å². The Bertz CT molecular complexity index is 1160. The SMILES string of the molecule is CC(C)Cc1cc(CNC(=O)CN2CCCN(C(=O)c3ccc(F)cc3)CC2)nn1-c1ccccc1. The van der Waals surface area contributed by atoms with E-state index >= 15 is 0 Å². The first-order chi connectivity index (χ1) is 17.4. The summed E-state index contributed by atoms with van der Waals surface area (Å²) in [6.07, 6.45) is 1.68. The first-order valence-electron chi connectivity index (χ1n) is 12.6.